The Balaban J connectivity index is 2.05. The van der Waals surface area contributed by atoms with E-state index in [-0.39, 0.29) is 6.10 Å². The first-order valence-electron chi connectivity index (χ1n) is 6.95. The first-order valence-corrected chi connectivity index (χ1v) is 7.77. The van der Waals surface area contributed by atoms with Crippen molar-refractivity contribution >= 4 is 24.1 Å². The van der Waals surface area contributed by atoms with Crippen LogP contribution in [0.3, 0.4) is 0 Å². The van der Waals surface area contributed by atoms with Crippen LogP contribution in [0.1, 0.15) is 22.8 Å². The van der Waals surface area contributed by atoms with Crippen molar-refractivity contribution in [1.29, 1.82) is 0 Å². The lowest BCUT2D eigenvalue weighted by Crippen LogP contribution is -2.21. The molecule has 0 fully saturated rings. The molecule has 0 aliphatic carbocycles. The molecule has 4 nitrogen and oxygen atoms in total. The Morgan fingerprint density at radius 3 is 2.61 bits per heavy atom. The second-order valence-corrected chi connectivity index (χ2v) is 6.11. The van der Waals surface area contributed by atoms with Crippen LogP contribution in [0, 0.1) is 5.82 Å². The lowest BCUT2D eigenvalue weighted by Gasteiger charge is -2.11. The van der Waals surface area contributed by atoms with Gasteiger partial charge in [0.2, 0.25) is 0 Å². The van der Waals surface area contributed by atoms with Crippen molar-refractivity contribution < 1.29 is 18.7 Å². The maximum atomic E-state index is 13.1. The van der Waals surface area contributed by atoms with Gasteiger partial charge >= 0.3 is 6.09 Å². The normalized spacial score (nSPS) is 11.7. The van der Waals surface area contributed by atoms with Gasteiger partial charge in [-0.3, -0.25) is 4.79 Å². The number of hydrogen-bond acceptors (Lipinski definition) is 4. The SMILES string of the molecule is C[C@H](Cc1ccc(Sc2ccc(F)cc2C=O)cc1)OC(N)=O. The summed E-state index contributed by atoms with van der Waals surface area (Å²) in [6.45, 7) is 1.77. The Morgan fingerprint density at radius 1 is 1.30 bits per heavy atom. The molecule has 2 aromatic rings. The Bertz CT molecular complexity index is 703. The number of carbonyl (C=O) groups excluding carboxylic acids is 2. The van der Waals surface area contributed by atoms with Gasteiger partial charge in [0.15, 0.2) is 6.29 Å². The molecule has 120 valence electrons. The van der Waals surface area contributed by atoms with E-state index in [9.17, 15) is 14.0 Å². The number of hydrogen-bond donors (Lipinski definition) is 1. The monoisotopic (exact) mass is 333 g/mol. The molecule has 0 heterocycles. The van der Waals surface area contributed by atoms with Gasteiger partial charge < -0.3 is 10.5 Å². The molecule has 23 heavy (non-hydrogen) atoms. The van der Waals surface area contributed by atoms with E-state index in [1.54, 1.807) is 13.0 Å². The fraction of sp³-hybridized carbons (Fsp3) is 0.176. The predicted octanol–water partition coefficient (Wildman–Crippen LogP) is 3.82. The van der Waals surface area contributed by atoms with Crippen LogP contribution in [0.4, 0.5) is 9.18 Å². The van der Waals surface area contributed by atoms with Gasteiger partial charge in [-0.2, -0.15) is 0 Å². The number of halogens is 1. The Kier molecular flexibility index (Phi) is 5.76. The fourth-order valence-electron chi connectivity index (χ4n) is 2.10. The summed E-state index contributed by atoms with van der Waals surface area (Å²) < 4.78 is 18.0. The number of amides is 1. The number of primary amides is 1. The van der Waals surface area contributed by atoms with E-state index in [1.165, 1.54) is 23.9 Å². The number of benzene rings is 2. The lowest BCUT2D eigenvalue weighted by atomic mass is 10.1. The third-order valence-electron chi connectivity index (χ3n) is 3.09. The van der Waals surface area contributed by atoms with Gasteiger partial charge in [0.25, 0.3) is 0 Å². The van der Waals surface area contributed by atoms with Crippen molar-refractivity contribution in [3.63, 3.8) is 0 Å². The zero-order valence-electron chi connectivity index (χ0n) is 12.5. The van der Waals surface area contributed by atoms with Crippen molar-refractivity contribution in [2.45, 2.75) is 29.2 Å². The van der Waals surface area contributed by atoms with Crippen LogP contribution in [-0.2, 0) is 11.2 Å². The van der Waals surface area contributed by atoms with Gasteiger partial charge in [-0.15, -0.1) is 0 Å². The van der Waals surface area contributed by atoms with Crippen molar-refractivity contribution in [2.75, 3.05) is 0 Å². The van der Waals surface area contributed by atoms with Crippen LogP contribution >= 0.6 is 11.8 Å². The molecule has 2 N–H and O–H groups in total. The zero-order chi connectivity index (χ0) is 16.8. The summed E-state index contributed by atoms with van der Waals surface area (Å²) in [6.07, 6.45) is 0.110. The van der Waals surface area contributed by atoms with E-state index < -0.39 is 11.9 Å². The Labute approximate surface area is 137 Å². The third kappa shape index (κ3) is 5.10. The smallest absolute Gasteiger partial charge is 0.404 e. The van der Waals surface area contributed by atoms with Gasteiger partial charge in [-0.1, -0.05) is 23.9 Å². The summed E-state index contributed by atoms with van der Waals surface area (Å²) in [5.41, 5.74) is 6.30. The second-order valence-electron chi connectivity index (χ2n) is 5.00. The van der Waals surface area contributed by atoms with Gasteiger partial charge in [0.05, 0.1) is 0 Å². The number of aldehydes is 1. The summed E-state index contributed by atoms with van der Waals surface area (Å²) in [7, 11) is 0. The van der Waals surface area contributed by atoms with E-state index in [1.807, 2.05) is 24.3 Å². The quantitative estimate of drug-likeness (QED) is 0.816. The van der Waals surface area contributed by atoms with Gasteiger partial charge in [0.1, 0.15) is 11.9 Å². The standard InChI is InChI=1S/C17H16FNO3S/c1-11(22-17(19)21)8-12-2-5-15(6-3-12)23-16-7-4-14(18)9-13(16)10-20/h2-7,9-11H,8H2,1H3,(H2,19,21)/t11-/m1/s1. The summed E-state index contributed by atoms with van der Waals surface area (Å²) >= 11 is 1.38. The summed E-state index contributed by atoms with van der Waals surface area (Å²) in [4.78, 5) is 23.3. The molecule has 0 saturated heterocycles. The van der Waals surface area contributed by atoms with E-state index in [0.717, 1.165) is 10.5 Å². The topological polar surface area (TPSA) is 69.4 Å². The average Bonchev–Trinajstić information content (AvgIpc) is 2.50. The predicted molar refractivity (Wildman–Crippen MR) is 86.2 cm³/mol. The van der Waals surface area contributed by atoms with Crippen LogP contribution in [0.5, 0.6) is 0 Å². The van der Waals surface area contributed by atoms with E-state index in [0.29, 0.717) is 23.2 Å². The van der Waals surface area contributed by atoms with Crippen molar-refractivity contribution in [1.82, 2.24) is 0 Å². The highest BCUT2D eigenvalue weighted by Crippen LogP contribution is 2.30. The number of carbonyl (C=O) groups is 2. The highest BCUT2D eigenvalue weighted by atomic mass is 32.2. The van der Waals surface area contributed by atoms with Gasteiger partial charge in [-0.25, -0.2) is 9.18 Å². The molecule has 0 unspecified atom stereocenters. The van der Waals surface area contributed by atoms with Crippen LogP contribution < -0.4 is 5.73 Å². The summed E-state index contributed by atoms with van der Waals surface area (Å²) in [6, 6.07) is 11.7. The van der Waals surface area contributed by atoms with Gasteiger partial charge in [-0.05, 0) is 42.8 Å². The Morgan fingerprint density at radius 2 is 2.00 bits per heavy atom. The minimum atomic E-state index is -0.789. The first-order chi connectivity index (χ1) is 11.0. The molecule has 0 spiro atoms. The maximum Gasteiger partial charge on any atom is 0.404 e. The van der Waals surface area contributed by atoms with E-state index in [4.69, 9.17) is 10.5 Å². The second kappa shape index (κ2) is 7.78. The third-order valence-corrected chi connectivity index (χ3v) is 4.19. The van der Waals surface area contributed by atoms with Crippen molar-refractivity contribution in [2.24, 2.45) is 5.73 Å². The highest BCUT2D eigenvalue weighted by Gasteiger charge is 2.09. The molecule has 0 radical (unpaired) electrons. The average molecular weight is 333 g/mol. The van der Waals surface area contributed by atoms with Gasteiger partial charge in [0, 0.05) is 21.8 Å². The maximum absolute atomic E-state index is 13.1. The first kappa shape index (κ1) is 17.0. The molecule has 1 amide bonds. The summed E-state index contributed by atoms with van der Waals surface area (Å²) in [5.74, 6) is -0.435. The molecule has 0 aliphatic heterocycles. The molecule has 0 saturated carbocycles. The molecular formula is C17H16FNO3S. The highest BCUT2D eigenvalue weighted by molar-refractivity contribution is 7.99. The van der Waals surface area contributed by atoms with Crippen LogP contribution in [-0.4, -0.2) is 18.5 Å². The van der Waals surface area contributed by atoms with E-state index >= 15 is 0 Å². The van der Waals surface area contributed by atoms with Crippen molar-refractivity contribution in [3.05, 3.63) is 59.4 Å². The minimum Gasteiger partial charge on any atom is -0.446 e. The fourth-order valence-corrected chi connectivity index (χ4v) is 2.98. The molecule has 0 bridgehead atoms. The lowest BCUT2D eigenvalue weighted by molar-refractivity contribution is 0.111. The zero-order valence-corrected chi connectivity index (χ0v) is 13.3. The molecule has 0 aliphatic rings. The van der Waals surface area contributed by atoms with Crippen LogP contribution in [0.25, 0.3) is 0 Å². The van der Waals surface area contributed by atoms with Crippen molar-refractivity contribution in [3.8, 4) is 0 Å². The molecule has 6 heteroatoms. The summed E-state index contributed by atoms with van der Waals surface area (Å²) in [5, 5.41) is 0. The van der Waals surface area contributed by atoms with Crippen LogP contribution in [0.15, 0.2) is 52.3 Å². The largest absolute Gasteiger partial charge is 0.446 e. The minimum absolute atomic E-state index is 0.301. The molecule has 2 rings (SSSR count). The van der Waals surface area contributed by atoms with E-state index in [2.05, 4.69) is 0 Å². The molecular weight excluding hydrogens is 317 g/mol. The number of nitrogens with two attached hydrogens (primary N) is 1. The molecule has 1 atom stereocenters. The molecule has 2 aromatic carbocycles. The number of ether oxygens (including phenoxy) is 1. The molecule has 0 aromatic heterocycles. The Hall–Kier alpha value is -2.34. The van der Waals surface area contributed by atoms with Crippen LogP contribution in [0.2, 0.25) is 0 Å². The number of rotatable bonds is 6.